The van der Waals surface area contributed by atoms with Gasteiger partial charge in [0.15, 0.2) is 0 Å². The number of alkyl halides is 3. The minimum Gasteiger partial charge on any atom is -0.481 e. The topological polar surface area (TPSA) is 34.1 Å². The first-order valence-corrected chi connectivity index (χ1v) is 5.89. The van der Waals surface area contributed by atoms with Gasteiger partial charge in [0.05, 0.1) is 24.6 Å². The predicted octanol–water partition coefficient (Wildman–Crippen LogP) is 3.72. The van der Waals surface area contributed by atoms with E-state index in [9.17, 15) is 13.2 Å². The van der Waals surface area contributed by atoms with E-state index in [-0.39, 0.29) is 6.54 Å². The van der Waals surface area contributed by atoms with Gasteiger partial charge in [-0.1, -0.05) is 12.1 Å². The van der Waals surface area contributed by atoms with Crippen molar-refractivity contribution in [2.24, 2.45) is 0 Å². The van der Waals surface area contributed by atoms with Crippen molar-refractivity contribution in [1.29, 1.82) is 0 Å². The lowest BCUT2D eigenvalue weighted by Crippen LogP contribution is -2.07. The molecule has 3 nitrogen and oxygen atoms in total. The summed E-state index contributed by atoms with van der Waals surface area (Å²) in [6.45, 7) is 0.290. The van der Waals surface area contributed by atoms with Crippen LogP contribution >= 0.6 is 0 Å². The van der Waals surface area contributed by atoms with Crippen molar-refractivity contribution in [1.82, 2.24) is 4.98 Å². The Labute approximate surface area is 114 Å². The zero-order chi connectivity index (χ0) is 14.6. The molecule has 1 heterocycles. The summed E-state index contributed by atoms with van der Waals surface area (Å²) in [7, 11) is 1.51. The van der Waals surface area contributed by atoms with Crippen LogP contribution in [0.15, 0.2) is 42.6 Å². The summed E-state index contributed by atoms with van der Waals surface area (Å²) in [5.41, 5.74) is 0.614. The van der Waals surface area contributed by atoms with E-state index in [1.54, 1.807) is 24.4 Å². The number of halogens is 3. The first kappa shape index (κ1) is 14.2. The van der Waals surface area contributed by atoms with E-state index in [2.05, 4.69) is 10.3 Å². The van der Waals surface area contributed by atoms with E-state index < -0.39 is 11.7 Å². The van der Waals surface area contributed by atoms with Gasteiger partial charge in [0.1, 0.15) is 0 Å². The number of aromatic nitrogens is 1. The third-order valence-electron chi connectivity index (χ3n) is 2.70. The SMILES string of the molecule is COc1ccc(NCc2cccc(C(F)(F)F)c2)cn1. The van der Waals surface area contributed by atoms with Gasteiger partial charge in [0.25, 0.3) is 0 Å². The zero-order valence-electron chi connectivity index (χ0n) is 10.7. The summed E-state index contributed by atoms with van der Waals surface area (Å²) in [4.78, 5) is 4.00. The number of rotatable bonds is 4. The molecule has 1 N–H and O–H groups in total. The Morgan fingerprint density at radius 3 is 2.60 bits per heavy atom. The zero-order valence-corrected chi connectivity index (χ0v) is 10.7. The molecular weight excluding hydrogens is 269 g/mol. The van der Waals surface area contributed by atoms with E-state index in [0.717, 1.165) is 12.1 Å². The summed E-state index contributed by atoms with van der Waals surface area (Å²) in [5, 5.41) is 3.01. The molecule has 1 aromatic heterocycles. The van der Waals surface area contributed by atoms with E-state index in [1.165, 1.54) is 13.2 Å². The van der Waals surface area contributed by atoms with E-state index in [1.807, 2.05) is 0 Å². The Balaban J connectivity index is 2.03. The lowest BCUT2D eigenvalue weighted by atomic mass is 10.1. The number of hydrogen-bond acceptors (Lipinski definition) is 3. The van der Waals surface area contributed by atoms with Crippen molar-refractivity contribution in [3.05, 3.63) is 53.7 Å². The summed E-state index contributed by atoms with van der Waals surface area (Å²) in [5.74, 6) is 0.481. The molecule has 0 aliphatic heterocycles. The van der Waals surface area contributed by atoms with Crippen molar-refractivity contribution < 1.29 is 17.9 Å². The molecule has 2 aromatic rings. The van der Waals surface area contributed by atoms with Crippen LogP contribution in [0.4, 0.5) is 18.9 Å². The minimum absolute atomic E-state index is 0.290. The molecule has 0 saturated carbocycles. The number of anilines is 1. The highest BCUT2D eigenvalue weighted by atomic mass is 19.4. The van der Waals surface area contributed by atoms with Crippen LogP contribution in [0.25, 0.3) is 0 Å². The molecule has 20 heavy (non-hydrogen) atoms. The lowest BCUT2D eigenvalue weighted by molar-refractivity contribution is -0.137. The Morgan fingerprint density at radius 1 is 1.20 bits per heavy atom. The highest BCUT2D eigenvalue weighted by Gasteiger charge is 2.30. The number of nitrogens with one attached hydrogen (secondary N) is 1. The third kappa shape index (κ3) is 3.63. The molecule has 0 radical (unpaired) electrons. The van der Waals surface area contributed by atoms with Gasteiger partial charge in [0.2, 0.25) is 5.88 Å². The van der Waals surface area contributed by atoms with Gasteiger partial charge in [-0.3, -0.25) is 0 Å². The number of pyridine rings is 1. The van der Waals surface area contributed by atoms with E-state index in [4.69, 9.17) is 4.74 Å². The molecule has 0 spiro atoms. The van der Waals surface area contributed by atoms with E-state index in [0.29, 0.717) is 17.1 Å². The highest BCUT2D eigenvalue weighted by molar-refractivity contribution is 5.43. The molecule has 0 unspecified atom stereocenters. The molecule has 2 rings (SSSR count). The van der Waals surface area contributed by atoms with Crippen LogP contribution in [0.3, 0.4) is 0 Å². The number of benzene rings is 1. The lowest BCUT2D eigenvalue weighted by Gasteiger charge is -2.10. The Kier molecular flexibility index (Phi) is 4.12. The van der Waals surface area contributed by atoms with Gasteiger partial charge in [-0.05, 0) is 23.8 Å². The fourth-order valence-electron chi connectivity index (χ4n) is 1.67. The van der Waals surface area contributed by atoms with Crippen molar-refractivity contribution in [2.75, 3.05) is 12.4 Å². The van der Waals surface area contributed by atoms with Gasteiger partial charge < -0.3 is 10.1 Å². The van der Waals surface area contributed by atoms with Crippen LogP contribution in [0, 0.1) is 0 Å². The van der Waals surface area contributed by atoms with Crippen molar-refractivity contribution in [3.8, 4) is 5.88 Å². The molecule has 0 aliphatic rings. The predicted molar refractivity (Wildman–Crippen MR) is 69.6 cm³/mol. The first-order chi connectivity index (χ1) is 9.49. The van der Waals surface area contributed by atoms with Gasteiger partial charge >= 0.3 is 6.18 Å². The fraction of sp³-hybridized carbons (Fsp3) is 0.214. The van der Waals surface area contributed by atoms with Crippen LogP contribution in [-0.2, 0) is 12.7 Å². The molecule has 0 saturated heterocycles. The van der Waals surface area contributed by atoms with Crippen molar-refractivity contribution in [2.45, 2.75) is 12.7 Å². The normalized spacial score (nSPS) is 11.2. The van der Waals surface area contributed by atoms with Gasteiger partial charge in [-0.15, -0.1) is 0 Å². The second-order valence-electron chi connectivity index (χ2n) is 4.14. The summed E-state index contributed by atoms with van der Waals surface area (Å²) < 4.78 is 42.6. The van der Waals surface area contributed by atoms with Crippen molar-refractivity contribution >= 4 is 5.69 Å². The highest BCUT2D eigenvalue weighted by Crippen LogP contribution is 2.29. The van der Waals surface area contributed by atoms with Gasteiger partial charge in [-0.2, -0.15) is 13.2 Å². The third-order valence-corrected chi connectivity index (χ3v) is 2.70. The van der Waals surface area contributed by atoms with Crippen LogP contribution < -0.4 is 10.1 Å². The number of ether oxygens (including phenoxy) is 1. The average Bonchev–Trinajstić information content (AvgIpc) is 2.45. The Bertz CT molecular complexity index is 567. The smallest absolute Gasteiger partial charge is 0.416 e. The maximum Gasteiger partial charge on any atom is 0.416 e. The molecule has 0 aliphatic carbocycles. The summed E-state index contributed by atoms with van der Waals surface area (Å²) in [6.07, 6.45) is -2.76. The Morgan fingerprint density at radius 2 is 2.00 bits per heavy atom. The standard InChI is InChI=1S/C14H13F3N2O/c1-20-13-6-5-12(9-19-13)18-8-10-3-2-4-11(7-10)14(15,16)17/h2-7,9,18H,8H2,1H3. The van der Waals surface area contributed by atoms with E-state index >= 15 is 0 Å². The van der Waals surface area contributed by atoms with Crippen LogP contribution in [0.5, 0.6) is 5.88 Å². The van der Waals surface area contributed by atoms with Crippen LogP contribution in [0.1, 0.15) is 11.1 Å². The van der Waals surface area contributed by atoms with Crippen LogP contribution in [0.2, 0.25) is 0 Å². The molecule has 1 aromatic carbocycles. The molecular formula is C14H13F3N2O. The number of nitrogens with zero attached hydrogens (tertiary/aromatic N) is 1. The molecule has 0 amide bonds. The average molecular weight is 282 g/mol. The Hall–Kier alpha value is -2.24. The maximum atomic E-state index is 12.6. The second kappa shape index (κ2) is 5.81. The van der Waals surface area contributed by atoms with Crippen LogP contribution in [-0.4, -0.2) is 12.1 Å². The maximum absolute atomic E-state index is 12.6. The minimum atomic E-state index is -4.32. The number of hydrogen-bond donors (Lipinski definition) is 1. The summed E-state index contributed by atoms with van der Waals surface area (Å²) >= 11 is 0. The number of methoxy groups -OCH3 is 1. The fourth-order valence-corrected chi connectivity index (χ4v) is 1.67. The largest absolute Gasteiger partial charge is 0.481 e. The molecule has 0 bridgehead atoms. The first-order valence-electron chi connectivity index (χ1n) is 5.89. The van der Waals surface area contributed by atoms with Gasteiger partial charge in [0, 0.05) is 12.6 Å². The van der Waals surface area contributed by atoms with Crippen molar-refractivity contribution in [3.63, 3.8) is 0 Å². The molecule has 0 fully saturated rings. The van der Waals surface area contributed by atoms with Gasteiger partial charge in [-0.25, -0.2) is 4.98 Å². The molecule has 0 atom stereocenters. The monoisotopic (exact) mass is 282 g/mol. The molecule has 106 valence electrons. The second-order valence-corrected chi connectivity index (χ2v) is 4.14. The summed E-state index contributed by atoms with van der Waals surface area (Å²) in [6, 6.07) is 8.64. The quantitative estimate of drug-likeness (QED) is 0.928. The molecule has 6 heteroatoms.